The smallest absolute Gasteiger partial charge is 0.0605 e. The van der Waals surface area contributed by atoms with Gasteiger partial charge >= 0.3 is 0 Å². The molecule has 0 bridgehead atoms. The third-order valence-corrected chi connectivity index (χ3v) is 4.12. The fourth-order valence-electron chi connectivity index (χ4n) is 3.06. The lowest BCUT2D eigenvalue weighted by atomic mass is 9.93. The van der Waals surface area contributed by atoms with Crippen molar-refractivity contribution in [3.63, 3.8) is 0 Å². The molecule has 2 aromatic rings. The highest BCUT2D eigenvalue weighted by atomic mass is 35.5. The van der Waals surface area contributed by atoms with Crippen molar-refractivity contribution >= 4 is 24.8 Å². The van der Waals surface area contributed by atoms with E-state index in [1.165, 1.54) is 16.7 Å². The monoisotopic (exact) mass is 338 g/mol. The molecule has 1 atom stereocenters. The molecule has 1 fully saturated rings. The van der Waals surface area contributed by atoms with Crippen LogP contribution in [-0.4, -0.2) is 31.1 Å². The lowest BCUT2D eigenvalue weighted by molar-refractivity contribution is 0.198. The Hall–Kier alpha value is -1.06. The van der Waals surface area contributed by atoms with Gasteiger partial charge in [-0.25, -0.2) is 0 Å². The third kappa shape index (κ3) is 4.23. The van der Waals surface area contributed by atoms with Crippen LogP contribution < -0.4 is 5.32 Å². The molecule has 1 aliphatic rings. The Labute approximate surface area is 145 Å². The molecule has 3 rings (SSSR count). The standard InChI is InChI=1S/C18H22N2.2ClH/c1-15-7-5-6-10-17(15)18(16-8-3-2-4-9-16)20-13-11-19-12-14-20;;/h2-10,18-19H,11-14H2,1H3;2*1H. The number of piperazine rings is 1. The molecule has 1 unspecified atom stereocenters. The maximum Gasteiger partial charge on any atom is 0.0605 e. The highest BCUT2D eigenvalue weighted by Gasteiger charge is 2.24. The van der Waals surface area contributed by atoms with Gasteiger partial charge < -0.3 is 5.32 Å². The molecule has 4 heteroatoms. The molecule has 1 saturated heterocycles. The number of benzene rings is 2. The van der Waals surface area contributed by atoms with Crippen LogP contribution in [0.15, 0.2) is 54.6 Å². The Bertz CT molecular complexity index is 554. The molecule has 0 aromatic heterocycles. The van der Waals surface area contributed by atoms with Crippen LogP contribution in [0.25, 0.3) is 0 Å². The molecule has 1 aliphatic heterocycles. The van der Waals surface area contributed by atoms with Crippen LogP contribution in [0.3, 0.4) is 0 Å². The van der Waals surface area contributed by atoms with Crippen molar-refractivity contribution in [1.82, 2.24) is 10.2 Å². The topological polar surface area (TPSA) is 15.3 Å². The summed E-state index contributed by atoms with van der Waals surface area (Å²) in [6.45, 7) is 6.58. The first-order chi connectivity index (χ1) is 9.86. The Morgan fingerprint density at radius 3 is 2.09 bits per heavy atom. The summed E-state index contributed by atoms with van der Waals surface area (Å²) in [4.78, 5) is 2.59. The van der Waals surface area contributed by atoms with Crippen molar-refractivity contribution in [3.8, 4) is 0 Å². The van der Waals surface area contributed by atoms with Crippen LogP contribution in [0.1, 0.15) is 22.7 Å². The van der Waals surface area contributed by atoms with Crippen molar-refractivity contribution in [2.75, 3.05) is 26.2 Å². The number of rotatable bonds is 3. The van der Waals surface area contributed by atoms with Gasteiger partial charge in [-0.3, -0.25) is 4.90 Å². The first-order valence-corrected chi connectivity index (χ1v) is 7.41. The van der Waals surface area contributed by atoms with Crippen LogP contribution in [0, 0.1) is 6.92 Å². The van der Waals surface area contributed by atoms with Gasteiger partial charge in [-0.2, -0.15) is 0 Å². The van der Waals surface area contributed by atoms with Gasteiger partial charge in [0.15, 0.2) is 0 Å². The molecule has 2 nitrogen and oxygen atoms in total. The van der Waals surface area contributed by atoms with Gasteiger partial charge in [-0.15, -0.1) is 24.8 Å². The largest absolute Gasteiger partial charge is 0.314 e. The van der Waals surface area contributed by atoms with Gasteiger partial charge in [0.1, 0.15) is 0 Å². The van der Waals surface area contributed by atoms with Crippen molar-refractivity contribution < 1.29 is 0 Å². The Morgan fingerprint density at radius 1 is 0.864 bits per heavy atom. The van der Waals surface area contributed by atoms with E-state index in [0.717, 1.165) is 26.2 Å². The van der Waals surface area contributed by atoms with E-state index in [9.17, 15) is 0 Å². The van der Waals surface area contributed by atoms with Crippen molar-refractivity contribution in [3.05, 3.63) is 71.3 Å². The van der Waals surface area contributed by atoms with E-state index in [0.29, 0.717) is 6.04 Å². The van der Waals surface area contributed by atoms with Gasteiger partial charge in [-0.05, 0) is 23.6 Å². The fourth-order valence-corrected chi connectivity index (χ4v) is 3.06. The molecule has 1 heterocycles. The summed E-state index contributed by atoms with van der Waals surface area (Å²) in [5.41, 5.74) is 4.20. The number of hydrogen-bond acceptors (Lipinski definition) is 2. The van der Waals surface area contributed by atoms with Gasteiger partial charge in [0.2, 0.25) is 0 Å². The zero-order chi connectivity index (χ0) is 13.8. The number of aryl methyl sites for hydroxylation is 1. The molecule has 22 heavy (non-hydrogen) atoms. The first-order valence-electron chi connectivity index (χ1n) is 7.41. The van der Waals surface area contributed by atoms with Gasteiger partial charge in [0.05, 0.1) is 6.04 Å². The summed E-state index contributed by atoms with van der Waals surface area (Å²) in [5.74, 6) is 0. The minimum absolute atomic E-state index is 0. The molecule has 120 valence electrons. The number of hydrogen-bond donors (Lipinski definition) is 1. The number of halogens is 2. The number of nitrogens with one attached hydrogen (secondary N) is 1. The molecule has 0 amide bonds. The SMILES string of the molecule is Cc1ccccc1C(c1ccccc1)N1CCNCC1.Cl.Cl. The molecule has 2 aromatic carbocycles. The van der Waals surface area contributed by atoms with E-state index in [4.69, 9.17) is 0 Å². The maximum absolute atomic E-state index is 3.45. The van der Waals surface area contributed by atoms with Crippen LogP contribution in [-0.2, 0) is 0 Å². The summed E-state index contributed by atoms with van der Waals surface area (Å²) < 4.78 is 0. The molecule has 0 aliphatic carbocycles. The number of nitrogens with zero attached hydrogens (tertiary/aromatic N) is 1. The van der Waals surface area contributed by atoms with Crippen LogP contribution >= 0.6 is 24.8 Å². The molecular formula is C18H24Cl2N2. The predicted molar refractivity (Wildman–Crippen MR) is 98.4 cm³/mol. The van der Waals surface area contributed by atoms with Crippen molar-refractivity contribution in [2.24, 2.45) is 0 Å². The minimum Gasteiger partial charge on any atom is -0.314 e. The van der Waals surface area contributed by atoms with Gasteiger partial charge in [0, 0.05) is 26.2 Å². The first kappa shape index (κ1) is 19.0. The second kappa shape index (κ2) is 9.16. The van der Waals surface area contributed by atoms with Crippen LogP contribution in [0.2, 0.25) is 0 Å². The Kier molecular flexibility index (Phi) is 7.91. The zero-order valence-electron chi connectivity index (χ0n) is 12.9. The maximum atomic E-state index is 3.45. The summed E-state index contributed by atoms with van der Waals surface area (Å²) in [6, 6.07) is 20.0. The minimum atomic E-state index is 0. The second-order valence-corrected chi connectivity index (χ2v) is 5.46. The van der Waals surface area contributed by atoms with E-state index in [-0.39, 0.29) is 24.8 Å². The Morgan fingerprint density at radius 2 is 1.45 bits per heavy atom. The molecule has 0 saturated carbocycles. The molecule has 1 N–H and O–H groups in total. The van der Waals surface area contributed by atoms with Crippen molar-refractivity contribution in [2.45, 2.75) is 13.0 Å². The lowest BCUT2D eigenvalue weighted by Crippen LogP contribution is -2.45. The third-order valence-electron chi connectivity index (χ3n) is 4.12. The normalized spacial score (nSPS) is 16.2. The van der Waals surface area contributed by atoms with Gasteiger partial charge in [-0.1, -0.05) is 54.6 Å². The summed E-state index contributed by atoms with van der Waals surface area (Å²) in [7, 11) is 0. The predicted octanol–water partition coefficient (Wildman–Crippen LogP) is 3.83. The van der Waals surface area contributed by atoms with Gasteiger partial charge in [0.25, 0.3) is 0 Å². The highest BCUT2D eigenvalue weighted by Crippen LogP contribution is 2.30. The molecule has 0 radical (unpaired) electrons. The van der Waals surface area contributed by atoms with Crippen LogP contribution in [0.4, 0.5) is 0 Å². The molecular weight excluding hydrogens is 315 g/mol. The fraction of sp³-hybridized carbons (Fsp3) is 0.333. The lowest BCUT2D eigenvalue weighted by Gasteiger charge is -2.36. The highest BCUT2D eigenvalue weighted by molar-refractivity contribution is 5.85. The van der Waals surface area contributed by atoms with E-state index in [1.54, 1.807) is 0 Å². The van der Waals surface area contributed by atoms with Crippen molar-refractivity contribution in [1.29, 1.82) is 0 Å². The van der Waals surface area contributed by atoms with E-state index in [2.05, 4.69) is 71.7 Å². The summed E-state index contributed by atoms with van der Waals surface area (Å²) in [5, 5.41) is 3.45. The van der Waals surface area contributed by atoms with E-state index < -0.39 is 0 Å². The Balaban J connectivity index is 0.00000121. The van der Waals surface area contributed by atoms with Crippen LogP contribution in [0.5, 0.6) is 0 Å². The average Bonchev–Trinajstić information content (AvgIpc) is 2.52. The second-order valence-electron chi connectivity index (χ2n) is 5.46. The van der Waals surface area contributed by atoms with E-state index >= 15 is 0 Å². The summed E-state index contributed by atoms with van der Waals surface area (Å²) >= 11 is 0. The average molecular weight is 339 g/mol. The van der Waals surface area contributed by atoms with E-state index in [1.807, 2.05) is 0 Å². The molecule has 0 spiro atoms. The zero-order valence-corrected chi connectivity index (χ0v) is 14.5. The quantitative estimate of drug-likeness (QED) is 0.914. The summed E-state index contributed by atoms with van der Waals surface area (Å²) in [6.07, 6.45) is 0.